The van der Waals surface area contributed by atoms with Crippen LogP contribution in [0.3, 0.4) is 0 Å². The van der Waals surface area contributed by atoms with Gasteiger partial charge < -0.3 is 5.32 Å². The Balaban J connectivity index is 2.12. The maximum atomic E-state index is 13.4. The molecule has 0 aliphatic rings. The van der Waals surface area contributed by atoms with Gasteiger partial charge in [0.2, 0.25) is 0 Å². The molecule has 0 saturated heterocycles. The maximum absolute atomic E-state index is 13.4. The van der Waals surface area contributed by atoms with Gasteiger partial charge in [0.05, 0.1) is 5.56 Å². The lowest BCUT2D eigenvalue weighted by molar-refractivity contribution is 0.0949. The quantitative estimate of drug-likeness (QED) is 0.800. The van der Waals surface area contributed by atoms with Crippen LogP contribution in [0.2, 0.25) is 0 Å². The largest absolute Gasteiger partial charge is 0.348 e. The first-order valence-corrected chi connectivity index (χ1v) is 6.92. The lowest BCUT2D eigenvalue weighted by Crippen LogP contribution is -2.23. The topological polar surface area (TPSA) is 29.1 Å². The van der Waals surface area contributed by atoms with Crippen LogP contribution in [0.4, 0.5) is 8.78 Å². The summed E-state index contributed by atoms with van der Waals surface area (Å²) in [5.74, 6) is -1.50. The predicted octanol–water partition coefficient (Wildman–Crippen LogP) is 3.95. The molecule has 0 aromatic heterocycles. The monoisotopic (exact) mass is 357 g/mol. The summed E-state index contributed by atoms with van der Waals surface area (Å²) in [5, 5.41) is 2.54. The molecule has 2 aromatic carbocycles. The molecule has 0 heterocycles. The first kappa shape index (κ1) is 15.0. The second-order valence-electron chi connectivity index (χ2n) is 4.08. The summed E-state index contributed by atoms with van der Waals surface area (Å²) >= 11 is 7.41. The van der Waals surface area contributed by atoms with Crippen molar-refractivity contribution >= 4 is 34.5 Å². The average Bonchev–Trinajstić information content (AvgIpc) is 2.42. The molecular formula is C14H10BrF2NOS. The van der Waals surface area contributed by atoms with E-state index < -0.39 is 17.5 Å². The van der Waals surface area contributed by atoms with Gasteiger partial charge in [-0.3, -0.25) is 4.79 Å². The molecule has 0 unspecified atom stereocenters. The number of rotatable bonds is 3. The Morgan fingerprint density at radius 1 is 1.20 bits per heavy atom. The molecule has 6 heteroatoms. The minimum Gasteiger partial charge on any atom is -0.348 e. The zero-order chi connectivity index (χ0) is 14.7. The lowest BCUT2D eigenvalue weighted by Gasteiger charge is -2.08. The maximum Gasteiger partial charge on any atom is 0.252 e. The summed E-state index contributed by atoms with van der Waals surface area (Å²) in [6.07, 6.45) is 0. The summed E-state index contributed by atoms with van der Waals surface area (Å²) in [4.78, 5) is 12.6. The summed E-state index contributed by atoms with van der Waals surface area (Å²) in [5.41, 5.74) is 0.478. The fraction of sp³-hybridized carbons (Fsp3) is 0.0714. The number of carbonyl (C=O) groups excluding carboxylic acids is 1. The molecule has 2 aromatic rings. The van der Waals surface area contributed by atoms with Crippen molar-refractivity contribution in [2.45, 2.75) is 11.4 Å². The van der Waals surface area contributed by atoms with Crippen molar-refractivity contribution in [2.24, 2.45) is 0 Å². The Labute approximate surface area is 128 Å². The van der Waals surface area contributed by atoms with Gasteiger partial charge in [-0.05, 0) is 52.3 Å². The van der Waals surface area contributed by atoms with Crippen molar-refractivity contribution in [1.29, 1.82) is 0 Å². The molecule has 0 spiro atoms. The molecule has 0 aliphatic heterocycles. The summed E-state index contributed by atoms with van der Waals surface area (Å²) < 4.78 is 27.0. The predicted molar refractivity (Wildman–Crippen MR) is 78.9 cm³/mol. The lowest BCUT2D eigenvalue weighted by atomic mass is 10.2. The first-order valence-electron chi connectivity index (χ1n) is 5.68. The SMILES string of the molecule is O=C(NCc1cc(F)ccc1F)c1cc(S)ccc1Br. The van der Waals surface area contributed by atoms with Gasteiger partial charge in [0, 0.05) is 21.5 Å². The summed E-state index contributed by atoms with van der Waals surface area (Å²) in [6.45, 7) is -0.0916. The highest BCUT2D eigenvalue weighted by Crippen LogP contribution is 2.20. The molecule has 2 rings (SSSR count). The van der Waals surface area contributed by atoms with E-state index in [0.29, 0.717) is 14.9 Å². The minimum absolute atomic E-state index is 0.0916. The van der Waals surface area contributed by atoms with Crippen molar-refractivity contribution in [3.8, 4) is 0 Å². The third-order valence-electron chi connectivity index (χ3n) is 2.64. The first-order chi connectivity index (χ1) is 9.47. The molecule has 20 heavy (non-hydrogen) atoms. The number of hydrogen-bond donors (Lipinski definition) is 2. The molecule has 0 bridgehead atoms. The van der Waals surface area contributed by atoms with Gasteiger partial charge in [0.25, 0.3) is 5.91 Å². The number of thiol groups is 1. The van der Waals surface area contributed by atoms with Crippen molar-refractivity contribution < 1.29 is 13.6 Å². The van der Waals surface area contributed by atoms with Crippen LogP contribution < -0.4 is 5.32 Å². The Morgan fingerprint density at radius 3 is 2.70 bits per heavy atom. The van der Waals surface area contributed by atoms with Gasteiger partial charge in [-0.15, -0.1) is 12.6 Å². The van der Waals surface area contributed by atoms with E-state index >= 15 is 0 Å². The Hall–Kier alpha value is -1.40. The van der Waals surface area contributed by atoms with E-state index in [0.717, 1.165) is 18.2 Å². The zero-order valence-corrected chi connectivity index (χ0v) is 12.6. The zero-order valence-electron chi connectivity index (χ0n) is 10.2. The van der Waals surface area contributed by atoms with E-state index in [4.69, 9.17) is 0 Å². The van der Waals surface area contributed by atoms with Crippen molar-refractivity contribution in [2.75, 3.05) is 0 Å². The normalized spacial score (nSPS) is 10.4. The van der Waals surface area contributed by atoms with Crippen molar-refractivity contribution in [1.82, 2.24) is 5.32 Å². The highest BCUT2D eigenvalue weighted by atomic mass is 79.9. The number of nitrogens with one attached hydrogen (secondary N) is 1. The van der Waals surface area contributed by atoms with E-state index in [1.807, 2.05) is 0 Å². The molecule has 2 nitrogen and oxygen atoms in total. The van der Waals surface area contributed by atoms with E-state index in [1.54, 1.807) is 18.2 Å². The van der Waals surface area contributed by atoms with Crippen LogP contribution in [-0.4, -0.2) is 5.91 Å². The van der Waals surface area contributed by atoms with Crippen LogP contribution in [0.25, 0.3) is 0 Å². The van der Waals surface area contributed by atoms with Crippen LogP contribution in [0.1, 0.15) is 15.9 Å². The second-order valence-corrected chi connectivity index (χ2v) is 5.45. The Bertz CT molecular complexity index is 664. The van der Waals surface area contributed by atoms with Gasteiger partial charge in [-0.2, -0.15) is 0 Å². The van der Waals surface area contributed by atoms with Gasteiger partial charge in [-0.25, -0.2) is 8.78 Å². The molecule has 0 radical (unpaired) electrons. The van der Waals surface area contributed by atoms with E-state index in [1.165, 1.54) is 0 Å². The van der Waals surface area contributed by atoms with E-state index in [2.05, 4.69) is 33.9 Å². The van der Waals surface area contributed by atoms with Crippen LogP contribution in [0, 0.1) is 11.6 Å². The van der Waals surface area contributed by atoms with E-state index in [9.17, 15) is 13.6 Å². The molecule has 1 N–H and O–H groups in total. The third kappa shape index (κ3) is 3.58. The van der Waals surface area contributed by atoms with Crippen LogP contribution >= 0.6 is 28.6 Å². The number of carbonyl (C=O) groups is 1. The number of benzene rings is 2. The van der Waals surface area contributed by atoms with E-state index in [-0.39, 0.29) is 12.1 Å². The fourth-order valence-corrected chi connectivity index (χ4v) is 2.27. The van der Waals surface area contributed by atoms with Crippen molar-refractivity contribution in [3.05, 3.63) is 63.6 Å². The number of halogens is 3. The fourth-order valence-electron chi connectivity index (χ4n) is 1.64. The van der Waals surface area contributed by atoms with Gasteiger partial charge in [-0.1, -0.05) is 0 Å². The van der Waals surface area contributed by atoms with Crippen LogP contribution in [0.15, 0.2) is 45.8 Å². The van der Waals surface area contributed by atoms with Gasteiger partial charge in [0.1, 0.15) is 11.6 Å². The molecule has 0 saturated carbocycles. The van der Waals surface area contributed by atoms with Gasteiger partial charge >= 0.3 is 0 Å². The number of hydrogen-bond acceptors (Lipinski definition) is 2. The minimum atomic E-state index is -0.561. The molecule has 0 fully saturated rings. The molecule has 1 amide bonds. The average molecular weight is 358 g/mol. The standard InChI is InChI=1S/C14H10BrF2NOS/c15-12-3-2-10(20)6-11(12)14(19)18-7-8-5-9(16)1-4-13(8)17/h1-6,20H,7H2,(H,18,19). The summed E-state index contributed by atoms with van der Waals surface area (Å²) in [6, 6.07) is 8.13. The molecule has 0 atom stereocenters. The number of amides is 1. The molecule has 0 aliphatic carbocycles. The third-order valence-corrected chi connectivity index (χ3v) is 3.61. The smallest absolute Gasteiger partial charge is 0.252 e. The molecule has 104 valence electrons. The highest BCUT2D eigenvalue weighted by Gasteiger charge is 2.11. The van der Waals surface area contributed by atoms with Crippen LogP contribution in [0.5, 0.6) is 0 Å². The highest BCUT2D eigenvalue weighted by molar-refractivity contribution is 9.10. The summed E-state index contributed by atoms with van der Waals surface area (Å²) in [7, 11) is 0. The second kappa shape index (κ2) is 6.37. The van der Waals surface area contributed by atoms with Crippen molar-refractivity contribution in [3.63, 3.8) is 0 Å². The Kier molecular flexibility index (Phi) is 4.77. The van der Waals surface area contributed by atoms with Gasteiger partial charge in [0.15, 0.2) is 0 Å². The molecular weight excluding hydrogens is 348 g/mol. The van der Waals surface area contributed by atoms with Crippen LogP contribution in [-0.2, 0) is 6.54 Å². The Morgan fingerprint density at radius 2 is 1.95 bits per heavy atom.